The Hall–Kier alpha value is -2.37. The number of methoxy groups -OCH3 is 1. The van der Waals surface area contributed by atoms with E-state index in [9.17, 15) is 9.90 Å². The van der Waals surface area contributed by atoms with E-state index in [-0.39, 0.29) is 11.9 Å². The molecule has 5 nitrogen and oxygen atoms in total. The van der Waals surface area contributed by atoms with E-state index in [4.69, 9.17) is 4.74 Å². The monoisotopic (exact) mass is 340 g/mol. The SMILES string of the molecule is COc1ccccc1-c1ccc(C(=O)N2C[C@H](O)[C@@H](N(C)C)C2)cc1. The topological polar surface area (TPSA) is 53.0 Å². The first-order valence-electron chi connectivity index (χ1n) is 8.38. The molecule has 2 aromatic rings. The molecule has 0 radical (unpaired) electrons. The average molecular weight is 340 g/mol. The Morgan fingerprint density at radius 1 is 1.12 bits per heavy atom. The van der Waals surface area contributed by atoms with Gasteiger partial charge in [0.2, 0.25) is 0 Å². The summed E-state index contributed by atoms with van der Waals surface area (Å²) < 4.78 is 5.40. The number of likely N-dealkylation sites (tertiary alicyclic amines) is 1. The minimum atomic E-state index is -0.508. The molecular formula is C20H24N2O3. The van der Waals surface area contributed by atoms with Crippen molar-refractivity contribution in [1.29, 1.82) is 0 Å². The van der Waals surface area contributed by atoms with Gasteiger partial charge in [-0.25, -0.2) is 0 Å². The number of benzene rings is 2. The second-order valence-electron chi connectivity index (χ2n) is 6.59. The Morgan fingerprint density at radius 3 is 2.40 bits per heavy atom. The van der Waals surface area contributed by atoms with Gasteiger partial charge in [0.05, 0.1) is 19.3 Å². The lowest BCUT2D eigenvalue weighted by Gasteiger charge is -2.21. The third kappa shape index (κ3) is 3.52. The first-order chi connectivity index (χ1) is 12.0. The number of aliphatic hydroxyl groups excluding tert-OH is 1. The molecule has 3 rings (SSSR count). The Bertz CT molecular complexity index is 743. The summed E-state index contributed by atoms with van der Waals surface area (Å²) in [6, 6.07) is 15.3. The first kappa shape index (κ1) is 17.5. The Labute approximate surface area is 148 Å². The van der Waals surface area contributed by atoms with Crippen LogP contribution < -0.4 is 4.74 Å². The number of hydrogen-bond donors (Lipinski definition) is 1. The summed E-state index contributed by atoms with van der Waals surface area (Å²) >= 11 is 0. The summed E-state index contributed by atoms with van der Waals surface area (Å²) in [5, 5.41) is 10.1. The predicted molar refractivity (Wildman–Crippen MR) is 97.8 cm³/mol. The highest BCUT2D eigenvalue weighted by atomic mass is 16.5. The van der Waals surface area contributed by atoms with Crippen molar-refractivity contribution in [1.82, 2.24) is 9.80 Å². The molecule has 0 aliphatic carbocycles. The van der Waals surface area contributed by atoms with Crippen LogP contribution in [0.1, 0.15) is 10.4 Å². The second kappa shape index (κ2) is 7.25. The van der Waals surface area contributed by atoms with Crippen LogP contribution in [0.2, 0.25) is 0 Å². The van der Waals surface area contributed by atoms with Crippen molar-refractivity contribution >= 4 is 5.91 Å². The molecule has 1 heterocycles. The minimum absolute atomic E-state index is 0.0168. The molecule has 5 heteroatoms. The summed E-state index contributed by atoms with van der Waals surface area (Å²) in [6.45, 7) is 0.914. The number of nitrogens with zero attached hydrogens (tertiary/aromatic N) is 2. The van der Waals surface area contributed by atoms with Crippen LogP contribution in [0.3, 0.4) is 0 Å². The molecule has 1 aliphatic heterocycles. The standard InChI is InChI=1S/C20H24N2O3/c1-21(2)17-12-22(13-18(17)23)20(24)15-10-8-14(9-11-15)16-6-4-5-7-19(16)25-3/h4-11,17-18,23H,12-13H2,1-3H3/t17-,18-/m0/s1. The Morgan fingerprint density at radius 2 is 1.80 bits per heavy atom. The molecule has 1 N–H and O–H groups in total. The van der Waals surface area contributed by atoms with Crippen LogP contribution in [0.15, 0.2) is 48.5 Å². The number of carbonyl (C=O) groups is 1. The van der Waals surface area contributed by atoms with E-state index in [1.165, 1.54) is 0 Å². The maximum atomic E-state index is 12.7. The molecule has 0 saturated carbocycles. The largest absolute Gasteiger partial charge is 0.496 e. The Kier molecular flexibility index (Phi) is 5.06. The Balaban J connectivity index is 1.78. The molecule has 0 bridgehead atoms. The van der Waals surface area contributed by atoms with Crippen molar-refractivity contribution in [3.05, 3.63) is 54.1 Å². The van der Waals surface area contributed by atoms with Gasteiger partial charge in [-0.15, -0.1) is 0 Å². The number of hydrogen-bond acceptors (Lipinski definition) is 4. The quantitative estimate of drug-likeness (QED) is 0.926. The van der Waals surface area contributed by atoms with Gasteiger partial charge in [0.25, 0.3) is 5.91 Å². The third-order valence-corrected chi connectivity index (χ3v) is 4.76. The van der Waals surface area contributed by atoms with Crippen LogP contribution in [0, 0.1) is 0 Å². The van der Waals surface area contributed by atoms with Crippen molar-refractivity contribution in [3.8, 4) is 16.9 Å². The fourth-order valence-corrected chi connectivity index (χ4v) is 3.30. The summed E-state index contributed by atoms with van der Waals surface area (Å²) in [6.07, 6.45) is -0.508. The van der Waals surface area contributed by atoms with Crippen LogP contribution >= 0.6 is 0 Å². The van der Waals surface area contributed by atoms with Crippen molar-refractivity contribution in [3.63, 3.8) is 0 Å². The van der Waals surface area contributed by atoms with Crippen LogP contribution in [0.25, 0.3) is 11.1 Å². The molecule has 25 heavy (non-hydrogen) atoms. The third-order valence-electron chi connectivity index (χ3n) is 4.76. The lowest BCUT2D eigenvalue weighted by molar-refractivity contribution is 0.0764. The summed E-state index contributed by atoms with van der Waals surface area (Å²) in [7, 11) is 5.49. The van der Waals surface area contributed by atoms with Crippen molar-refractivity contribution in [2.24, 2.45) is 0 Å². The number of amides is 1. The molecule has 0 unspecified atom stereocenters. The predicted octanol–water partition coefficient (Wildman–Crippen LogP) is 2.11. The summed E-state index contributed by atoms with van der Waals surface area (Å²) in [5.74, 6) is 0.757. The van der Waals surface area contributed by atoms with Crippen LogP contribution in [-0.4, -0.2) is 67.3 Å². The van der Waals surface area contributed by atoms with Crippen molar-refractivity contribution in [2.45, 2.75) is 12.1 Å². The molecule has 1 aliphatic rings. The molecule has 132 valence electrons. The lowest BCUT2D eigenvalue weighted by Crippen LogP contribution is -2.38. The van der Waals surface area contributed by atoms with Gasteiger partial charge in [0, 0.05) is 24.2 Å². The summed E-state index contributed by atoms with van der Waals surface area (Å²) in [5.41, 5.74) is 2.63. The van der Waals surface area contributed by atoms with Gasteiger partial charge in [-0.1, -0.05) is 30.3 Å². The van der Waals surface area contributed by atoms with Gasteiger partial charge in [-0.05, 0) is 37.9 Å². The zero-order chi connectivity index (χ0) is 18.0. The zero-order valence-corrected chi connectivity index (χ0v) is 14.8. The number of para-hydroxylation sites is 1. The molecule has 0 aromatic heterocycles. The fraction of sp³-hybridized carbons (Fsp3) is 0.350. The molecular weight excluding hydrogens is 316 g/mol. The van der Waals surface area contributed by atoms with E-state index < -0.39 is 6.10 Å². The van der Waals surface area contributed by atoms with Crippen LogP contribution in [0.4, 0.5) is 0 Å². The van der Waals surface area contributed by atoms with Gasteiger partial charge in [0.1, 0.15) is 5.75 Å². The molecule has 0 spiro atoms. The van der Waals surface area contributed by atoms with E-state index >= 15 is 0 Å². The van der Waals surface area contributed by atoms with Gasteiger partial charge >= 0.3 is 0 Å². The van der Waals surface area contributed by atoms with Crippen molar-refractivity contribution < 1.29 is 14.6 Å². The number of ether oxygens (including phenoxy) is 1. The number of likely N-dealkylation sites (N-methyl/N-ethyl adjacent to an activating group) is 1. The number of rotatable bonds is 4. The van der Waals surface area contributed by atoms with Crippen LogP contribution in [-0.2, 0) is 0 Å². The number of aliphatic hydroxyl groups is 1. The zero-order valence-electron chi connectivity index (χ0n) is 14.8. The minimum Gasteiger partial charge on any atom is -0.496 e. The molecule has 2 aromatic carbocycles. The van der Waals surface area contributed by atoms with Crippen LogP contribution in [0.5, 0.6) is 5.75 Å². The highest BCUT2D eigenvalue weighted by Crippen LogP contribution is 2.30. The normalized spacial score (nSPS) is 20.1. The van der Waals surface area contributed by atoms with E-state index in [2.05, 4.69) is 0 Å². The lowest BCUT2D eigenvalue weighted by atomic mass is 10.0. The highest BCUT2D eigenvalue weighted by molar-refractivity contribution is 5.95. The molecule has 1 fully saturated rings. The van der Waals surface area contributed by atoms with E-state index in [1.54, 1.807) is 12.0 Å². The highest BCUT2D eigenvalue weighted by Gasteiger charge is 2.35. The molecule has 1 saturated heterocycles. The van der Waals surface area contributed by atoms with Gasteiger partial charge in [-0.2, -0.15) is 0 Å². The van der Waals surface area contributed by atoms with E-state index in [0.717, 1.165) is 16.9 Å². The fourth-order valence-electron chi connectivity index (χ4n) is 3.30. The van der Waals surface area contributed by atoms with Gasteiger partial charge in [-0.3, -0.25) is 4.79 Å². The smallest absolute Gasteiger partial charge is 0.253 e. The van der Waals surface area contributed by atoms with Gasteiger partial charge in [0.15, 0.2) is 0 Å². The maximum absolute atomic E-state index is 12.7. The van der Waals surface area contributed by atoms with Crippen molar-refractivity contribution in [2.75, 3.05) is 34.3 Å². The van der Waals surface area contributed by atoms with Gasteiger partial charge < -0.3 is 19.6 Å². The molecule has 2 atom stereocenters. The first-order valence-corrected chi connectivity index (χ1v) is 8.38. The average Bonchev–Trinajstić information content (AvgIpc) is 3.03. The molecule has 1 amide bonds. The number of β-amino-alcohol motifs (C(OH)–C–C–N with tert-alkyl or cyclic N) is 1. The van der Waals surface area contributed by atoms with E-state index in [0.29, 0.717) is 18.7 Å². The summed E-state index contributed by atoms with van der Waals surface area (Å²) in [4.78, 5) is 16.4. The second-order valence-corrected chi connectivity index (χ2v) is 6.59. The maximum Gasteiger partial charge on any atom is 0.253 e. The number of carbonyl (C=O) groups excluding carboxylic acids is 1. The van der Waals surface area contributed by atoms with E-state index in [1.807, 2.05) is 67.5 Å².